The highest BCUT2D eigenvalue weighted by atomic mass is 16.5. The van der Waals surface area contributed by atoms with Gasteiger partial charge < -0.3 is 24.3 Å². The number of nitrogens with zero attached hydrogens (tertiary/aromatic N) is 1. The predicted octanol–water partition coefficient (Wildman–Crippen LogP) is 2.79. The number of carbonyl (C=O) groups is 1. The van der Waals surface area contributed by atoms with Crippen LogP contribution in [0, 0.1) is 0 Å². The lowest BCUT2D eigenvalue weighted by atomic mass is 10.1. The molecule has 0 bridgehead atoms. The molecule has 0 saturated carbocycles. The summed E-state index contributed by atoms with van der Waals surface area (Å²) in [4.78, 5) is 14.3. The van der Waals surface area contributed by atoms with E-state index in [-0.39, 0.29) is 12.5 Å². The highest BCUT2D eigenvalue weighted by molar-refractivity contribution is 5.94. The molecule has 0 aliphatic rings. The van der Waals surface area contributed by atoms with Gasteiger partial charge in [0.2, 0.25) is 5.91 Å². The highest BCUT2D eigenvalue weighted by Crippen LogP contribution is 2.31. The van der Waals surface area contributed by atoms with E-state index in [2.05, 4.69) is 5.32 Å². The van der Waals surface area contributed by atoms with E-state index in [1.165, 1.54) is 0 Å². The Morgan fingerprint density at radius 2 is 1.70 bits per heavy atom. The Morgan fingerprint density at radius 3 is 2.33 bits per heavy atom. The Bertz CT molecular complexity index is 779. The van der Waals surface area contributed by atoms with Crippen molar-refractivity contribution in [2.45, 2.75) is 6.54 Å². The number of benzene rings is 2. The van der Waals surface area contributed by atoms with Crippen LogP contribution in [0.1, 0.15) is 5.56 Å². The number of amides is 1. The van der Waals surface area contributed by atoms with E-state index in [1.54, 1.807) is 46.6 Å². The molecular weight excluding hydrogens is 348 g/mol. The Balaban J connectivity index is 2.04. The average Bonchev–Trinajstić information content (AvgIpc) is 2.67. The maximum atomic E-state index is 12.5. The van der Waals surface area contributed by atoms with Crippen LogP contribution in [0.3, 0.4) is 0 Å². The fraction of sp³-hybridized carbons (Fsp3) is 0.350. The minimum absolute atomic E-state index is 0.161. The zero-order valence-electron chi connectivity index (χ0n) is 16.4. The van der Waals surface area contributed by atoms with Crippen LogP contribution in [0.2, 0.25) is 0 Å². The molecule has 7 heteroatoms. The van der Waals surface area contributed by atoms with Gasteiger partial charge in [0.15, 0.2) is 11.5 Å². The minimum atomic E-state index is -0.161. The van der Waals surface area contributed by atoms with Crippen LogP contribution in [0.15, 0.2) is 36.4 Å². The molecule has 1 N–H and O–H groups in total. The van der Waals surface area contributed by atoms with Crippen molar-refractivity contribution in [2.75, 3.05) is 47.3 Å². The molecule has 0 atom stereocenters. The average molecular weight is 374 g/mol. The third-order valence-electron chi connectivity index (χ3n) is 4.02. The summed E-state index contributed by atoms with van der Waals surface area (Å²) in [5, 5.41) is 2.86. The summed E-state index contributed by atoms with van der Waals surface area (Å²) in [5.74, 6) is 2.38. The molecule has 0 unspecified atom stereocenters. The monoisotopic (exact) mass is 374 g/mol. The third-order valence-corrected chi connectivity index (χ3v) is 4.02. The van der Waals surface area contributed by atoms with Gasteiger partial charge in [-0.3, -0.25) is 9.69 Å². The van der Waals surface area contributed by atoms with E-state index in [9.17, 15) is 4.79 Å². The number of methoxy groups -OCH3 is 4. The number of nitrogens with one attached hydrogen (secondary N) is 1. The van der Waals surface area contributed by atoms with Gasteiger partial charge >= 0.3 is 0 Å². The van der Waals surface area contributed by atoms with Crippen LogP contribution in [-0.2, 0) is 11.3 Å². The predicted molar refractivity (Wildman–Crippen MR) is 104 cm³/mol. The molecule has 0 fully saturated rings. The molecule has 1 amide bonds. The van der Waals surface area contributed by atoms with Crippen LogP contribution < -0.4 is 24.3 Å². The van der Waals surface area contributed by atoms with Crippen LogP contribution in [0.5, 0.6) is 23.0 Å². The molecular formula is C20H26N2O5. The van der Waals surface area contributed by atoms with Gasteiger partial charge in [-0.05, 0) is 25.2 Å². The number of hydrogen-bond acceptors (Lipinski definition) is 6. The van der Waals surface area contributed by atoms with Crippen molar-refractivity contribution in [3.8, 4) is 23.0 Å². The molecule has 0 aliphatic heterocycles. The second-order valence-electron chi connectivity index (χ2n) is 5.94. The van der Waals surface area contributed by atoms with E-state index in [0.29, 0.717) is 35.2 Å². The molecule has 2 aromatic rings. The maximum Gasteiger partial charge on any atom is 0.238 e. The molecule has 0 heterocycles. The first-order valence-corrected chi connectivity index (χ1v) is 8.42. The van der Waals surface area contributed by atoms with Gasteiger partial charge in [0, 0.05) is 18.2 Å². The Labute approximate surface area is 159 Å². The molecule has 0 aromatic heterocycles. The normalized spacial score (nSPS) is 10.4. The topological polar surface area (TPSA) is 69.3 Å². The fourth-order valence-electron chi connectivity index (χ4n) is 2.77. The lowest BCUT2D eigenvalue weighted by Crippen LogP contribution is -2.30. The van der Waals surface area contributed by atoms with Crippen molar-refractivity contribution in [1.29, 1.82) is 0 Å². The van der Waals surface area contributed by atoms with E-state index in [1.807, 2.05) is 30.1 Å². The Morgan fingerprint density at radius 1 is 0.963 bits per heavy atom. The Kier molecular flexibility index (Phi) is 7.31. The SMILES string of the molecule is COc1ccc(OC)c(NC(=O)CN(C)Cc2cccc(OC)c2OC)c1. The van der Waals surface area contributed by atoms with Crippen molar-refractivity contribution in [3.05, 3.63) is 42.0 Å². The standard InChI is InChI=1S/C20H26N2O5/c1-22(12-14-7-6-8-18(26-4)20(14)27-5)13-19(23)21-16-11-15(24-2)9-10-17(16)25-3/h6-11H,12-13H2,1-5H3,(H,21,23). The molecule has 2 rings (SSSR count). The van der Waals surface area contributed by atoms with Crippen LogP contribution in [-0.4, -0.2) is 52.8 Å². The maximum absolute atomic E-state index is 12.5. The van der Waals surface area contributed by atoms with Gasteiger partial charge in [-0.2, -0.15) is 0 Å². The minimum Gasteiger partial charge on any atom is -0.497 e. The second kappa shape index (κ2) is 9.68. The number of anilines is 1. The highest BCUT2D eigenvalue weighted by Gasteiger charge is 2.15. The van der Waals surface area contributed by atoms with Crippen LogP contribution in [0.4, 0.5) is 5.69 Å². The van der Waals surface area contributed by atoms with Gasteiger partial charge in [-0.1, -0.05) is 12.1 Å². The van der Waals surface area contributed by atoms with Crippen molar-refractivity contribution in [3.63, 3.8) is 0 Å². The van der Waals surface area contributed by atoms with Crippen LogP contribution >= 0.6 is 0 Å². The van der Waals surface area contributed by atoms with Crippen molar-refractivity contribution < 1.29 is 23.7 Å². The van der Waals surface area contributed by atoms with E-state index < -0.39 is 0 Å². The van der Waals surface area contributed by atoms with E-state index >= 15 is 0 Å². The first kappa shape index (κ1) is 20.4. The first-order chi connectivity index (χ1) is 13.0. The molecule has 27 heavy (non-hydrogen) atoms. The number of carbonyl (C=O) groups excluding carboxylic acids is 1. The van der Waals surface area contributed by atoms with Crippen molar-refractivity contribution in [2.24, 2.45) is 0 Å². The molecule has 7 nitrogen and oxygen atoms in total. The smallest absolute Gasteiger partial charge is 0.238 e. The molecule has 0 aliphatic carbocycles. The van der Waals surface area contributed by atoms with E-state index in [0.717, 1.165) is 5.56 Å². The zero-order chi connectivity index (χ0) is 19.8. The molecule has 2 aromatic carbocycles. The summed E-state index contributed by atoms with van der Waals surface area (Å²) in [6.45, 7) is 0.726. The molecule has 0 spiro atoms. The van der Waals surface area contributed by atoms with Gasteiger partial charge in [0.1, 0.15) is 11.5 Å². The van der Waals surface area contributed by atoms with E-state index in [4.69, 9.17) is 18.9 Å². The number of rotatable bonds is 9. The molecule has 0 radical (unpaired) electrons. The quantitative estimate of drug-likeness (QED) is 0.728. The lowest BCUT2D eigenvalue weighted by molar-refractivity contribution is -0.117. The fourth-order valence-corrected chi connectivity index (χ4v) is 2.77. The molecule has 0 saturated heterocycles. The lowest BCUT2D eigenvalue weighted by Gasteiger charge is -2.19. The summed E-state index contributed by atoms with van der Waals surface area (Å²) in [6, 6.07) is 10.9. The van der Waals surface area contributed by atoms with Crippen LogP contribution in [0.25, 0.3) is 0 Å². The van der Waals surface area contributed by atoms with Gasteiger partial charge in [-0.25, -0.2) is 0 Å². The summed E-state index contributed by atoms with van der Waals surface area (Å²) >= 11 is 0. The summed E-state index contributed by atoms with van der Waals surface area (Å²) in [5.41, 5.74) is 1.50. The first-order valence-electron chi connectivity index (χ1n) is 8.42. The summed E-state index contributed by atoms with van der Waals surface area (Å²) in [7, 11) is 8.19. The van der Waals surface area contributed by atoms with Gasteiger partial charge in [0.25, 0.3) is 0 Å². The summed E-state index contributed by atoms with van der Waals surface area (Å²) < 4.78 is 21.2. The largest absolute Gasteiger partial charge is 0.497 e. The van der Waals surface area contributed by atoms with Gasteiger partial charge in [0.05, 0.1) is 40.7 Å². The zero-order valence-corrected chi connectivity index (χ0v) is 16.4. The summed E-state index contributed by atoms with van der Waals surface area (Å²) in [6.07, 6.45) is 0. The third kappa shape index (κ3) is 5.27. The second-order valence-corrected chi connectivity index (χ2v) is 5.94. The number of hydrogen-bond donors (Lipinski definition) is 1. The van der Waals surface area contributed by atoms with Crippen molar-refractivity contribution in [1.82, 2.24) is 4.90 Å². The van der Waals surface area contributed by atoms with Crippen molar-refractivity contribution >= 4 is 11.6 Å². The van der Waals surface area contributed by atoms with Gasteiger partial charge in [-0.15, -0.1) is 0 Å². The molecule has 146 valence electrons. The number of para-hydroxylation sites is 1. The number of likely N-dealkylation sites (N-methyl/N-ethyl adjacent to an activating group) is 1. The number of ether oxygens (including phenoxy) is 4. The Hall–Kier alpha value is -2.93.